The molecular weight excluding hydrogens is 244 g/mol. The zero-order valence-electron chi connectivity index (χ0n) is 9.09. The molecule has 2 heterocycles. The lowest BCUT2D eigenvalue weighted by Crippen LogP contribution is -2.30. The third kappa shape index (κ3) is 3.20. The van der Waals surface area contributed by atoms with E-state index < -0.39 is 0 Å². The van der Waals surface area contributed by atoms with E-state index in [1.54, 1.807) is 11.3 Å². The minimum atomic E-state index is 0. The van der Waals surface area contributed by atoms with Crippen LogP contribution in [0, 0.1) is 5.92 Å². The van der Waals surface area contributed by atoms with Crippen molar-refractivity contribution < 1.29 is 4.79 Å². The highest BCUT2D eigenvalue weighted by molar-refractivity contribution is 7.07. The van der Waals surface area contributed by atoms with Crippen LogP contribution >= 0.6 is 23.7 Å². The Hall–Kier alpha value is -0.580. The molecule has 5 heteroatoms. The predicted octanol–water partition coefficient (Wildman–Crippen LogP) is 1.52. The summed E-state index contributed by atoms with van der Waals surface area (Å²) < 4.78 is 0. The van der Waals surface area contributed by atoms with Crippen LogP contribution < -0.4 is 5.73 Å². The van der Waals surface area contributed by atoms with Gasteiger partial charge in [-0.05, 0) is 41.3 Å². The Balaban J connectivity index is 0.00000128. The first-order valence-corrected chi connectivity index (χ1v) is 6.23. The topological polar surface area (TPSA) is 46.3 Å². The molecule has 1 aromatic rings. The molecule has 1 aliphatic heterocycles. The van der Waals surface area contributed by atoms with Gasteiger partial charge >= 0.3 is 0 Å². The number of likely N-dealkylation sites (tertiary alicyclic amines) is 1. The molecule has 0 aliphatic carbocycles. The number of thiophene rings is 1. The van der Waals surface area contributed by atoms with E-state index in [-0.39, 0.29) is 18.3 Å². The van der Waals surface area contributed by atoms with Gasteiger partial charge in [0.05, 0.1) is 6.42 Å². The van der Waals surface area contributed by atoms with Crippen molar-refractivity contribution >= 4 is 29.7 Å². The maximum absolute atomic E-state index is 11.9. The number of amides is 1. The van der Waals surface area contributed by atoms with Crippen molar-refractivity contribution in [3.63, 3.8) is 0 Å². The van der Waals surface area contributed by atoms with Crippen molar-refractivity contribution in [1.29, 1.82) is 0 Å². The summed E-state index contributed by atoms with van der Waals surface area (Å²) in [7, 11) is 0. The van der Waals surface area contributed by atoms with Crippen molar-refractivity contribution in [2.24, 2.45) is 11.7 Å². The van der Waals surface area contributed by atoms with Gasteiger partial charge in [0.15, 0.2) is 0 Å². The number of nitrogens with two attached hydrogens (primary N) is 1. The standard InChI is InChI=1S/C11H16N2OS.ClH/c12-6-10-1-3-13(7-10)11(14)5-9-2-4-15-8-9;/h2,4,8,10H,1,3,5-7,12H2;1H. The van der Waals surface area contributed by atoms with Crippen LogP contribution in [-0.2, 0) is 11.2 Å². The number of halogens is 1. The molecule has 1 fully saturated rings. The normalized spacial score (nSPS) is 19.6. The maximum Gasteiger partial charge on any atom is 0.227 e. The van der Waals surface area contributed by atoms with E-state index in [0.29, 0.717) is 18.9 Å². The van der Waals surface area contributed by atoms with Crippen LogP contribution in [0.5, 0.6) is 0 Å². The molecule has 1 amide bonds. The number of hydrogen-bond donors (Lipinski definition) is 1. The van der Waals surface area contributed by atoms with E-state index in [4.69, 9.17) is 5.73 Å². The highest BCUT2D eigenvalue weighted by Crippen LogP contribution is 2.16. The average Bonchev–Trinajstić information content (AvgIpc) is 2.86. The third-order valence-corrected chi connectivity index (χ3v) is 3.64. The molecule has 2 N–H and O–H groups in total. The fraction of sp³-hybridized carbons (Fsp3) is 0.545. The van der Waals surface area contributed by atoms with Crippen LogP contribution in [0.2, 0.25) is 0 Å². The summed E-state index contributed by atoms with van der Waals surface area (Å²) in [5.41, 5.74) is 6.72. The highest BCUT2D eigenvalue weighted by atomic mass is 35.5. The summed E-state index contributed by atoms with van der Waals surface area (Å²) >= 11 is 1.64. The molecule has 90 valence electrons. The summed E-state index contributed by atoms with van der Waals surface area (Å²) in [6, 6.07) is 2.01. The number of carbonyl (C=O) groups is 1. The Morgan fingerprint density at radius 3 is 3.00 bits per heavy atom. The molecule has 0 bridgehead atoms. The van der Waals surface area contributed by atoms with E-state index in [1.807, 2.05) is 21.7 Å². The van der Waals surface area contributed by atoms with E-state index in [2.05, 4.69) is 0 Å². The Kier molecular flexibility index (Phi) is 5.25. The van der Waals surface area contributed by atoms with Gasteiger partial charge in [0.2, 0.25) is 5.91 Å². The van der Waals surface area contributed by atoms with Gasteiger partial charge in [0.25, 0.3) is 0 Å². The summed E-state index contributed by atoms with van der Waals surface area (Å²) in [6.45, 7) is 2.42. The van der Waals surface area contributed by atoms with Crippen molar-refractivity contribution in [1.82, 2.24) is 4.90 Å². The second-order valence-corrected chi connectivity index (χ2v) is 4.82. The molecule has 3 nitrogen and oxygen atoms in total. The molecule has 2 rings (SSSR count). The molecule has 1 atom stereocenters. The van der Waals surface area contributed by atoms with Crippen LogP contribution in [-0.4, -0.2) is 30.4 Å². The summed E-state index contributed by atoms with van der Waals surface area (Å²) in [4.78, 5) is 13.8. The fourth-order valence-electron chi connectivity index (χ4n) is 1.93. The molecule has 0 spiro atoms. The van der Waals surface area contributed by atoms with Gasteiger partial charge in [-0.25, -0.2) is 0 Å². The Labute approximate surface area is 106 Å². The smallest absolute Gasteiger partial charge is 0.227 e. The van der Waals surface area contributed by atoms with Crippen LogP contribution in [0.15, 0.2) is 16.8 Å². The van der Waals surface area contributed by atoms with Crippen LogP contribution in [0.3, 0.4) is 0 Å². The van der Waals surface area contributed by atoms with Crippen molar-refractivity contribution in [3.8, 4) is 0 Å². The average molecular weight is 261 g/mol. The lowest BCUT2D eigenvalue weighted by atomic mass is 10.1. The second kappa shape index (κ2) is 6.23. The van der Waals surface area contributed by atoms with Gasteiger partial charge in [-0.15, -0.1) is 12.4 Å². The summed E-state index contributed by atoms with van der Waals surface area (Å²) in [5, 5.41) is 4.05. The largest absolute Gasteiger partial charge is 0.342 e. The SMILES string of the molecule is Cl.NCC1CCN(C(=O)Cc2ccsc2)C1. The lowest BCUT2D eigenvalue weighted by molar-refractivity contribution is -0.129. The fourth-order valence-corrected chi connectivity index (χ4v) is 2.60. The summed E-state index contributed by atoms with van der Waals surface area (Å²) in [5.74, 6) is 0.751. The quantitative estimate of drug-likeness (QED) is 0.896. The van der Waals surface area contributed by atoms with E-state index in [0.717, 1.165) is 25.1 Å². The van der Waals surface area contributed by atoms with Gasteiger partial charge in [0, 0.05) is 13.1 Å². The van der Waals surface area contributed by atoms with E-state index in [1.165, 1.54) is 0 Å². The number of nitrogens with zero attached hydrogens (tertiary/aromatic N) is 1. The molecule has 0 radical (unpaired) electrons. The first-order chi connectivity index (χ1) is 7.29. The highest BCUT2D eigenvalue weighted by Gasteiger charge is 2.24. The van der Waals surface area contributed by atoms with E-state index >= 15 is 0 Å². The van der Waals surface area contributed by atoms with Crippen molar-refractivity contribution in [3.05, 3.63) is 22.4 Å². The maximum atomic E-state index is 11.9. The molecule has 0 saturated carbocycles. The number of rotatable bonds is 3. The number of carbonyl (C=O) groups excluding carboxylic acids is 1. The zero-order chi connectivity index (χ0) is 10.7. The minimum absolute atomic E-state index is 0. The summed E-state index contributed by atoms with van der Waals surface area (Å²) in [6.07, 6.45) is 1.60. The molecule has 1 saturated heterocycles. The van der Waals surface area contributed by atoms with Crippen LogP contribution in [0.1, 0.15) is 12.0 Å². The molecule has 1 unspecified atom stereocenters. The van der Waals surface area contributed by atoms with Gasteiger partial charge in [-0.3, -0.25) is 4.79 Å². The van der Waals surface area contributed by atoms with Gasteiger partial charge in [-0.2, -0.15) is 11.3 Å². The lowest BCUT2D eigenvalue weighted by Gasteiger charge is -2.15. The Morgan fingerprint density at radius 2 is 2.44 bits per heavy atom. The van der Waals surface area contributed by atoms with Crippen molar-refractivity contribution in [2.45, 2.75) is 12.8 Å². The molecule has 1 aromatic heterocycles. The number of hydrogen-bond acceptors (Lipinski definition) is 3. The van der Waals surface area contributed by atoms with Gasteiger partial charge in [-0.1, -0.05) is 0 Å². The Morgan fingerprint density at radius 1 is 1.62 bits per heavy atom. The second-order valence-electron chi connectivity index (χ2n) is 4.04. The van der Waals surface area contributed by atoms with Gasteiger partial charge < -0.3 is 10.6 Å². The first-order valence-electron chi connectivity index (χ1n) is 5.28. The monoisotopic (exact) mass is 260 g/mol. The molecule has 1 aliphatic rings. The molecular formula is C11H17ClN2OS. The predicted molar refractivity (Wildman–Crippen MR) is 69.0 cm³/mol. The Bertz CT molecular complexity index is 329. The molecule has 16 heavy (non-hydrogen) atoms. The molecule has 0 aromatic carbocycles. The van der Waals surface area contributed by atoms with Gasteiger partial charge in [0.1, 0.15) is 0 Å². The first kappa shape index (κ1) is 13.5. The van der Waals surface area contributed by atoms with Crippen LogP contribution in [0.25, 0.3) is 0 Å². The third-order valence-electron chi connectivity index (χ3n) is 2.91. The van der Waals surface area contributed by atoms with Crippen LogP contribution in [0.4, 0.5) is 0 Å². The van der Waals surface area contributed by atoms with E-state index in [9.17, 15) is 4.79 Å². The zero-order valence-corrected chi connectivity index (χ0v) is 10.7. The minimum Gasteiger partial charge on any atom is -0.342 e. The van der Waals surface area contributed by atoms with Crippen molar-refractivity contribution in [2.75, 3.05) is 19.6 Å².